The standard InChI is InChI=1S/C23H23Cl2N5O2/c1-27(12-15-7-5-4-6-8-15)14-19-26-21-20(22(31)29(3)23(32)28(21)2)30(19)13-16-9-10-17(24)18(25)11-16/h4-11H,12-14H2,1-3H3. The minimum absolute atomic E-state index is 0.362. The summed E-state index contributed by atoms with van der Waals surface area (Å²) in [7, 11) is 5.09. The molecule has 0 aliphatic heterocycles. The fraction of sp³-hybridized carbons (Fsp3) is 0.261. The van der Waals surface area contributed by atoms with Crippen molar-refractivity contribution < 1.29 is 0 Å². The molecule has 0 saturated heterocycles. The summed E-state index contributed by atoms with van der Waals surface area (Å²) in [5.74, 6) is 0.683. The third-order valence-corrected chi connectivity index (χ3v) is 6.20. The van der Waals surface area contributed by atoms with Gasteiger partial charge >= 0.3 is 5.69 Å². The van der Waals surface area contributed by atoms with Crippen LogP contribution in [0, 0.1) is 0 Å². The molecular formula is C23H23Cl2N5O2. The van der Waals surface area contributed by atoms with Gasteiger partial charge in [0.25, 0.3) is 5.56 Å². The van der Waals surface area contributed by atoms with Gasteiger partial charge in [-0.2, -0.15) is 0 Å². The lowest BCUT2D eigenvalue weighted by Crippen LogP contribution is -2.37. The third kappa shape index (κ3) is 4.24. The van der Waals surface area contributed by atoms with Gasteiger partial charge < -0.3 is 4.57 Å². The molecule has 0 bridgehead atoms. The van der Waals surface area contributed by atoms with Gasteiger partial charge in [0.2, 0.25) is 0 Å². The molecule has 0 saturated carbocycles. The van der Waals surface area contributed by atoms with E-state index in [0.717, 1.165) is 10.1 Å². The van der Waals surface area contributed by atoms with Gasteiger partial charge in [-0.05, 0) is 30.3 Å². The van der Waals surface area contributed by atoms with E-state index in [-0.39, 0.29) is 5.56 Å². The Bertz CT molecular complexity index is 1410. The zero-order valence-electron chi connectivity index (χ0n) is 18.0. The van der Waals surface area contributed by atoms with Crippen molar-refractivity contribution in [3.8, 4) is 0 Å². The van der Waals surface area contributed by atoms with Crippen LogP contribution in [0.2, 0.25) is 10.0 Å². The molecule has 2 aromatic carbocycles. The van der Waals surface area contributed by atoms with Gasteiger partial charge in [0.1, 0.15) is 5.82 Å². The molecule has 0 atom stereocenters. The second-order valence-corrected chi connectivity index (χ2v) is 8.71. The predicted octanol–water partition coefficient (Wildman–Crippen LogP) is 3.42. The summed E-state index contributed by atoms with van der Waals surface area (Å²) >= 11 is 12.3. The van der Waals surface area contributed by atoms with Crippen molar-refractivity contribution in [2.45, 2.75) is 19.6 Å². The first-order chi connectivity index (χ1) is 15.3. The number of aromatic nitrogens is 4. The van der Waals surface area contributed by atoms with Crippen molar-refractivity contribution in [2.75, 3.05) is 7.05 Å². The van der Waals surface area contributed by atoms with Crippen LogP contribution in [0.25, 0.3) is 11.2 Å². The van der Waals surface area contributed by atoms with Crippen molar-refractivity contribution in [2.24, 2.45) is 14.1 Å². The number of benzene rings is 2. The van der Waals surface area contributed by atoms with Gasteiger partial charge in [-0.25, -0.2) is 9.78 Å². The number of fused-ring (bicyclic) bond motifs is 1. The minimum atomic E-state index is -0.411. The first kappa shape index (κ1) is 22.3. The molecule has 0 aliphatic rings. The summed E-state index contributed by atoms with van der Waals surface area (Å²) < 4.78 is 4.37. The maximum absolute atomic E-state index is 13.1. The lowest BCUT2D eigenvalue weighted by molar-refractivity contribution is 0.306. The zero-order valence-corrected chi connectivity index (χ0v) is 19.6. The maximum Gasteiger partial charge on any atom is 0.332 e. The number of aryl methyl sites for hydroxylation is 1. The average Bonchev–Trinajstić information content (AvgIpc) is 3.11. The first-order valence-corrected chi connectivity index (χ1v) is 10.8. The van der Waals surface area contributed by atoms with Crippen LogP contribution in [0.1, 0.15) is 17.0 Å². The Labute approximate surface area is 195 Å². The number of hydrogen-bond donors (Lipinski definition) is 0. The molecule has 166 valence electrons. The molecule has 4 aromatic rings. The topological polar surface area (TPSA) is 65.1 Å². The lowest BCUT2D eigenvalue weighted by Gasteiger charge is -2.18. The van der Waals surface area contributed by atoms with E-state index in [1.54, 1.807) is 19.2 Å². The zero-order chi connectivity index (χ0) is 23.0. The Kier molecular flexibility index (Phi) is 6.24. The molecule has 0 aliphatic carbocycles. The van der Waals surface area contributed by atoms with E-state index in [9.17, 15) is 9.59 Å². The molecule has 0 N–H and O–H groups in total. The van der Waals surface area contributed by atoms with Crippen molar-refractivity contribution >= 4 is 34.4 Å². The summed E-state index contributed by atoms with van der Waals surface area (Å²) in [5, 5.41) is 0.906. The SMILES string of the molecule is CN(Cc1ccccc1)Cc1nc2c(c(=O)n(C)c(=O)n2C)n1Cc1ccc(Cl)c(Cl)c1. The fourth-order valence-corrected chi connectivity index (χ4v) is 4.12. The van der Waals surface area contributed by atoms with Crippen LogP contribution in [0.4, 0.5) is 0 Å². The van der Waals surface area contributed by atoms with Crippen LogP contribution in [-0.2, 0) is 33.7 Å². The van der Waals surface area contributed by atoms with Crippen LogP contribution in [-0.4, -0.2) is 30.6 Å². The number of hydrogen-bond acceptors (Lipinski definition) is 4. The minimum Gasteiger partial charge on any atom is -0.317 e. The van der Waals surface area contributed by atoms with Crippen LogP contribution in [0.15, 0.2) is 58.1 Å². The van der Waals surface area contributed by atoms with Crippen molar-refractivity contribution in [1.82, 2.24) is 23.6 Å². The summed E-state index contributed by atoms with van der Waals surface area (Å²) in [4.78, 5) is 32.3. The highest BCUT2D eigenvalue weighted by atomic mass is 35.5. The molecule has 4 rings (SSSR count). The Morgan fingerprint density at radius 3 is 2.31 bits per heavy atom. The van der Waals surface area contributed by atoms with Gasteiger partial charge in [-0.3, -0.25) is 18.8 Å². The van der Waals surface area contributed by atoms with E-state index in [2.05, 4.69) is 17.0 Å². The Morgan fingerprint density at radius 2 is 1.62 bits per heavy atom. The predicted molar refractivity (Wildman–Crippen MR) is 127 cm³/mol. The van der Waals surface area contributed by atoms with Gasteiger partial charge in [0.15, 0.2) is 11.2 Å². The Balaban J connectivity index is 1.81. The van der Waals surface area contributed by atoms with E-state index in [0.29, 0.717) is 46.7 Å². The molecule has 0 amide bonds. The molecule has 0 fully saturated rings. The highest BCUT2D eigenvalue weighted by Crippen LogP contribution is 2.24. The van der Waals surface area contributed by atoms with E-state index < -0.39 is 5.69 Å². The van der Waals surface area contributed by atoms with Crippen molar-refractivity contribution in [3.63, 3.8) is 0 Å². The summed E-state index contributed by atoms with van der Waals surface area (Å²) in [5.41, 5.74) is 2.00. The first-order valence-electron chi connectivity index (χ1n) is 10.1. The Hall–Kier alpha value is -2.87. The van der Waals surface area contributed by atoms with Gasteiger partial charge in [0, 0.05) is 27.2 Å². The van der Waals surface area contributed by atoms with E-state index in [4.69, 9.17) is 28.2 Å². The fourth-order valence-electron chi connectivity index (χ4n) is 3.80. The van der Waals surface area contributed by atoms with Crippen molar-refractivity contribution in [1.29, 1.82) is 0 Å². The van der Waals surface area contributed by atoms with Crippen LogP contribution in [0.5, 0.6) is 0 Å². The normalized spacial score (nSPS) is 11.6. The lowest BCUT2D eigenvalue weighted by atomic mass is 10.2. The third-order valence-electron chi connectivity index (χ3n) is 5.46. The molecule has 2 heterocycles. The average molecular weight is 472 g/mol. The van der Waals surface area contributed by atoms with Gasteiger partial charge in [0.05, 0.1) is 16.6 Å². The van der Waals surface area contributed by atoms with Gasteiger partial charge in [-0.1, -0.05) is 59.6 Å². The molecule has 32 heavy (non-hydrogen) atoms. The van der Waals surface area contributed by atoms with Crippen LogP contribution >= 0.6 is 23.2 Å². The monoisotopic (exact) mass is 471 g/mol. The number of halogens is 2. The molecule has 0 unspecified atom stereocenters. The molecule has 9 heteroatoms. The molecular weight excluding hydrogens is 449 g/mol. The molecule has 7 nitrogen and oxygen atoms in total. The number of imidazole rings is 1. The Morgan fingerprint density at radius 1 is 0.906 bits per heavy atom. The number of nitrogens with zero attached hydrogens (tertiary/aromatic N) is 5. The van der Waals surface area contributed by atoms with E-state index in [1.807, 2.05) is 35.9 Å². The summed E-state index contributed by atoms with van der Waals surface area (Å²) in [6, 6.07) is 15.5. The molecule has 0 radical (unpaired) electrons. The van der Waals surface area contributed by atoms with E-state index >= 15 is 0 Å². The summed E-state index contributed by atoms with van der Waals surface area (Å²) in [6.07, 6.45) is 0. The quantitative estimate of drug-likeness (QED) is 0.432. The molecule has 0 spiro atoms. The second-order valence-electron chi connectivity index (χ2n) is 7.90. The highest BCUT2D eigenvalue weighted by molar-refractivity contribution is 6.42. The molecule has 2 aromatic heterocycles. The second kappa shape index (κ2) is 8.94. The van der Waals surface area contributed by atoms with Crippen LogP contribution < -0.4 is 11.2 Å². The van der Waals surface area contributed by atoms with Gasteiger partial charge in [-0.15, -0.1) is 0 Å². The van der Waals surface area contributed by atoms with Crippen LogP contribution in [0.3, 0.4) is 0 Å². The largest absolute Gasteiger partial charge is 0.332 e. The highest BCUT2D eigenvalue weighted by Gasteiger charge is 2.20. The van der Waals surface area contributed by atoms with E-state index in [1.165, 1.54) is 17.2 Å². The number of rotatable bonds is 6. The smallest absolute Gasteiger partial charge is 0.317 e. The van der Waals surface area contributed by atoms with Crippen molar-refractivity contribution in [3.05, 3.63) is 96.4 Å². The summed E-state index contributed by atoms with van der Waals surface area (Å²) in [6.45, 7) is 1.57. The maximum atomic E-state index is 13.1.